The summed E-state index contributed by atoms with van der Waals surface area (Å²) in [6, 6.07) is 4.80. The predicted molar refractivity (Wildman–Crippen MR) is 72.0 cm³/mol. The molecule has 0 aliphatic rings. The monoisotopic (exact) mass is 249 g/mol. The Kier molecular flexibility index (Phi) is 4.34. The molecule has 92 valence electrons. The lowest BCUT2D eigenvalue weighted by atomic mass is 10.1. The van der Waals surface area contributed by atoms with Crippen molar-refractivity contribution >= 4 is 11.3 Å². The maximum Gasteiger partial charge on any atom is 0.0534 e. The van der Waals surface area contributed by atoms with Gasteiger partial charge in [-0.15, -0.1) is 11.3 Å². The molecule has 17 heavy (non-hydrogen) atoms. The Morgan fingerprint density at radius 1 is 1.53 bits per heavy atom. The Morgan fingerprint density at radius 2 is 2.41 bits per heavy atom. The molecule has 0 aromatic carbocycles. The van der Waals surface area contributed by atoms with Gasteiger partial charge in [-0.3, -0.25) is 4.68 Å². The second kappa shape index (κ2) is 5.98. The molecule has 1 unspecified atom stereocenters. The number of hydrogen-bond acceptors (Lipinski definition) is 3. The lowest BCUT2D eigenvalue weighted by Gasteiger charge is -2.16. The topological polar surface area (TPSA) is 29.9 Å². The minimum absolute atomic E-state index is 0.472. The van der Waals surface area contributed by atoms with Gasteiger partial charge >= 0.3 is 0 Å². The Morgan fingerprint density at radius 3 is 3.00 bits per heavy atom. The summed E-state index contributed by atoms with van der Waals surface area (Å²) in [5, 5.41) is 9.93. The van der Waals surface area contributed by atoms with E-state index < -0.39 is 0 Å². The summed E-state index contributed by atoms with van der Waals surface area (Å²) in [7, 11) is 1.95. The van der Waals surface area contributed by atoms with Crippen molar-refractivity contribution < 1.29 is 0 Å². The molecular formula is C13H19N3S. The van der Waals surface area contributed by atoms with Crippen molar-refractivity contribution in [2.75, 3.05) is 0 Å². The van der Waals surface area contributed by atoms with Crippen molar-refractivity contribution in [3.05, 3.63) is 40.3 Å². The Labute approximate surface area is 106 Å². The smallest absolute Gasteiger partial charge is 0.0534 e. The van der Waals surface area contributed by atoms with Gasteiger partial charge in [0.25, 0.3) is 0 Å². The number of hydrogen-bond donors (Lipinski definition) is 1. The fourth-order valence-electron chi connectivity index (χ4n) is 1.93. The zero-order valence-corrected chi connectivity index (χ0v) is 11.2. The number of rotatable bonds is 6. The summed E-state index contributed by atoms with van der Waals surface area (Å²) in [6.45, 7) is 3.11. The Hall–Kier alpha value is -1.13. The Bertz CT molecular complexity index is 433. The van der Waals surface area contributed by atoms with Crippen molar-refractivity contribution in [1.82, 2.24) is 15.1 Å². The van der Waals surface area contributed by atoms with Gasteiger partial charge in [0.15, 0.2) is 0 Å². The number of nitrogens with zero attached hydrogens (tertiary/aromatic N) is 2. The van der Waals surface area contributed by atoms with E-state index in [0.717, 1.165) is 6.54 Å². The Balaban J connectivity index is 1.94. The molecule has 0 saturated carbocycles. The van der Waals surface area contributed by atoms with Crippen LogP contribution >= 0.6 is 11.3 Å². The summed E-state index contributed by atoms with van der Waals surface area (Å²) in [6.07, 6.45) is 6.36. The fraction of sp³-hybridized carbons (Fsp3) is 0.462. The van der Waals surface area contributed by atoms with Gasteiger partial charge in [0.1, 0.15) is 0 Å². The predicted octanol–water partition coefficient (Wildman–Crippen LogP) is 3.11. The van der Waals surface area contributed by atoms with Gasteiger partial charge in [0.05, 0.1) is 6.20 Å². The average Bonchev–Trinajstić information content (AvgIpc) is 2.95. The highest BCUT2D eigenvalue weighted by Gasteiger charge is 2.11. The van der Waals surface area contributed by atoms with Crippen molar-refractivity contribution in [1.29, 1.82) is 0 Å². The molecule has 0 bridgehead atoms. The maximum absolute atomic E-state index is 4.18. The number of aromatic nitrogens is 2. The molecule has 0 aliphatic carbocycles. The van der Waals surface area contributed by atoms with Crippen LogP contribution in [-0.2, 0) is 13.6 Å². The molecule has 0 saturated heterocycles. The molecule has 2 aromatic rings. The van der Waals surface area contributed by atoms with E-state index in [2.05, 4.69) is 41.0 Å². The zero-order valence-electron chi connectivity index (χ0n) is 10.4. The van der Waals surface area contributed by atoms with E-state index in [0.29, 0.717) is 6.04 Å². The van der Waals surface area contributed by atoms with Crippen LogP contribution in [0, 0.1) is 0 Å². The van der Waals surface area contributed by atoms with Crippen molar-refractivity contribution in [2.24, 2.45) is 7.05 Å². The minimum atomic E-state index is 0.472. The number of nitrogens with one attached hydrogen (secondary N) is 1. The van der Waals surface area contributed by atoms with E-state index in [9.17, 15) is 0 Å². The van der Waals surface area contributed by atoms with Crippen LogP contribution in [0.5, 0.6) is 0 Å². The van der Waals surface area contributed by atoms with E-state index in [1.807, 2.05) is 29.3 Å². The lowest BCUT2D eigenvalue weighted by molar-refractivity contribution is 0.500. The highest BCUT2D eigenvalue weighted by molar-refractivity contribution is 7.10. The quantitative estimate of drug-likeness (QED) is 0.852. The third-order valence-corrected chi connectivity index (χ3v) is 3.76. The zero-order chi connectivity index (χ0) is 12.1. The molecular weight excluding hydrogens is 230 g/mol. The molecule has 2 rings (SSSR count). The van der Waals surface area contributed by atoms with Crippen LogP contribution in [0.2, 0.25) is 0 Å². The lowest BCUT2D eigenvalue weighted by Crippen LogP contribution is -2.19. The first kappa shape index (κ1) is 12.3. The number of aryl methyl sites for hydroxylation is 1. The van der Waals surface area contributed by atoms with E-state index >= 15 is 0 Å². The second-order valence-corrected chi connectivity index (χ2v) is 5.24. The van der Waals surface area contributed by atoms with E-state index in [1.165, 1.54) is 23.3 Å². The molecule has 0 amide bonds. The van der Waals surface area contributed by atoms with Gasteiger partial charge in [0.2, 0.25) is 0 Å². The van der Waals surface area contributed by atoms with Gasteiger partial charge < -0.3 is 5.32 Å². The molecule has 3 nitrogen and oxygen atoms in total. The molecule has 4 heteroatoms. The van der Waals surface area contributed by atoms with Crippen LogP contribution in [0.15, 0.2) is 29.9 Å². The fourth-order valence-corrected chi connectivity index (χ4v) is 2.76. The highest BCUT2D eigenvalue weighted by atomic mass is 32.1. The van der Waals surface area contributed by atoms with E-state index in [-0.39, 0.29) is 0 Å². The van der Waals surface area contributed by atoms with Gasteiger partial charge in [-0.05, 0) is 17.9 Å². The molecule has 2 heterocycles. The van der Waals surface area contributed by atoms with Crippen molar-refractivity contribution in [3.8, 4) is 0 Å². The average molecular weight is 249 g/mol. The van der Waals surface area contributed by atoms with Crippen LogP contribution in [-0.4, -0.2) is 9.78 Å². The molecule has 0 spiro atoms. The number of thiophene rings is 1. The van der Waals surface area contributed by atoms with Crippen LogP contribution in [0.3, 0.4) is 0 Å². The van der Waals surface area contributed by atoms with Crippen molar-refractivity contribution in [2.45, 2.75) is 32.4 Å². The molecule has 1 N–H and O–H groups in total. The molecule has 1 atom stereocenters. The van der Waals surface area contributed by atoms with Crippen LogP contribution in [0.1, 0.15) is 36.2 Å². The highest BCUT2D eigenvalue weighted by Crippen LogP contribution is 2.23. The summed E-state index contributed by atoms with van der Waals surface area (Å²) >= 11 is 1.83. The van der Waals surface area contributed by atoms with Gasteiger partial charge in [0, 0.05) is 36.3 Å². The maximum atomic E-state index is 4.18. The largest absolute Gasteiger partial charge is 0.305 e. The summed E-state index contributed by atoms with van der Waals surface area (Å²) in [5.74, 6) is 0. The van der Waals surface area contributed by atoms with Gasteiger partial charge in [-0.25, -0.2) is 0 Å². The first-order valence-corrected chi connectivity index (χ1v) is 6.92. The molecule has 0 fully saturated rings. The third-order valence-electron chi connectivity index (χ3n) is 2.77. The first-order valence-electron chi connectivity index (χ1n) is 6.04. The second-order valence-electron chi connectivity index (χ2n) is 4.26. The molecule has 0 aliphatic heterocycles. The van der Waals surface area contributed by atoms with Crippen LogP contribution in [0.25, 0.3) is 0 Å². The van der Waals surface area contributed by atoms with E-state index in [1.54, 1.807) is 0 Å². The normalized spacial score (nSPS) is 12.8. The summed E-state index contributed by atoms with van der Waals surface area (Å²) in [4.78, 5) is 1.43. The van der Waals surface area contributed by atoms with Gasteiger partial charge in [-0.2, -0.15) is 5.10 Å². The molecule has 0 radical (unpaired) electrons. The minimum Gasteiger partial charge on any atom is -0.305 e. The SMILES string of the molecule is CCCC(NCc1cnn(C)c1)c1cccs1. The van der Waals surface area contributed by atoms with Crippen LogP contribution < -0.4 is 5.32 Å². The van der Waals surface area contributed by atoms with Crippen molar-refractivity contribution in [3.63, 3.8) is 0 Å². The third kappa shape index (κ3) is 3.41. The van der Waals surface area contributed by atoms with Crippen LogP contribution in [0.4, 0.5) is 0 Å². The standard InChI is InChI=1S/C13H19N3S/c1-3-5-12(13-6-4-7-17-13)14-8-11-9-15-16(2)10-11/h4,6-7,9-10,12,14H,3,5,8H2,1-2H3. The molecule has 2 aromatic heterocycles. The summed E-state index contributed by atoms with van der Waals surface area (Å²) < 4.78 is 1.84. The van der Waals surface area contributed by atoms with E-state index in [4.69, 9.17) is 0 Å². The first-order chi connectivity index (χ1) is 8.29. The van der Waals surface area contributed by atoms with Gasteiger partial charge in [-0.1, -0.05) is 19.4 Å². The summed E-state index contributed by atoms with van der Waals surface area (Å²) in [5.41, 5.74) is 1.24.